The number of carbonyl (C=O) groups excluding carboxylic acids is 1. The van der Waals surface area contributed by atoms with Gasteiger partial charge in [-0.05, 0) is 49.2 Å². The van der Waals surface area contributed by atoms with E-state index in [1.165, 1.54) is 23.5 Å². The van der Waals surface area contributed by atoms with Crippen molar-refractivity contribution in [3.05, 3.63) is 57.1 Å². The molecule has 0 radical (unpaired) electrons. The molecule has 1 fully saturated rings. The fourth-order valence-corrected chi connectivity index (χ4v) is 7.10. The molecule has 0 saturated carbocycles. The van der Waals surface area contributed by atoms with Gasteiger partial charge in [-0.3, -0.25) is 4.79 Å². The van der Waals surface area contributed by atoms with Crippen LogP contribution in [0.3, 0.4) is 0 Å². The predicted octanol–water partition coefficient (Wildman–Crippen LogP) is 4.08. The molecule has 1 unspecified atom stereocenters. The number of carbonyl (C=O) groups is 1. The fourth-order valence-electron chi connectivity index (χ4n) is 3.77. The van der Waals surface area contributed by atoms with Crippen molar-refractivity contribution in [3.63, 3.8) is 0 Å². The molecule has 0 spiro atoms. The first-order valence-electron chi connectivity index (χ1n) is 10.1. The summed E-state index contributed by atoms with van der Waals surface area (Å²) in [5.41, 5.74) is 0.639. The van der Waals surface area contributed by atoms with Crippen LogP contribution < -0.4 is 4.80 Å². The van der Waals surface area contributed by atoms with Crippen molar-refractivity contribution >= 4 is 60.7 Å². The fraction of sp³-hybridized carbons (Fsp3) is 0.333. The normalized spacial score (nSPS) is 17.8. The van der Waals surface area contributed by atoms with E-state index in [-0.39, 0.29) is 11.4 Å². The number of hydrogen-bond donors (Lipinski definition) is 0. The number of halogens is 3. The Morgan fingerprint density at radius 1 is 1.21 bits per heavy atom. The van der Waals surface area contributed by atoms with Crippen LogP contribution in [0, 0.1) is 5.82 Å². The lowest BCUT2D eigenvalue weighted by atomic mass is 10.2. The molecular formula is C21H20Cl2FN3O4S2. The minimum Gasteiger partial charge on any atom is -0.383 e. The molecule has 33 heavy (non-hydrogen) atoms. The maximum absolute atomic E-state index is 13.3. The summed E-state index contributed by atoms with van der Waals surface area (Å²) in [5, 5.41) is 0.929. The van der Waals surface area contributed by atoms with E-state index in [1.807, 2.05) is 0 Å². The highest BCUT2D eigenvalue weighted by molar-refractivity contribution is 7.89. The largest absolute Gasteiger partial charge is 0.383 e. The summed E-state index contributed by atoms with van der Waals surface area (Å²) in [5.74, 6) is -1.12. The van der Waals surface area contributed by atoms with Gasteiger partial charge in [-0.1, -0.05) is 34.5 Å². The Morgan fingerprint density at radius 3 is 2.61 bits per heavy atom. The molecule has 1 aromatic heterocycles. The molecule has 1 aliphatic heterocycles. The molecule has 0 bridgehead atoms. The number of aromatic nitrogens is 1. The summed E-state index contributed by atoms with van der Waals surface area (Å²) in [6.45, 7) is 0.912. The average molecular weight is 532 g/mol. The van der Waals surface area contributed by atoms with Crippen LogP contribution in [0.5, 0.6) is 0 Å². The van der Waals surface area contributed by atoms with Crippen LogP contribution >= 0.6 is 34.5 Å². The lowest BCUT2D eigenvalue weighted by Crippen LogP contribution is -2.40. The molecule has 176 valence electrons. The number of hydrogen-bond acceptors (Lipinski definition) is 5. The van der Waals surface area contributed by atoms with E-state index < -0.39 is 27.8 Å². The van der Waals surface area contributed by atoms with E-state index in [0.717, 1.165) is 16.4 Å². The second-order valence-corrected chi connectivity index (χ2v) is 11.1. The number of methoxy groups -OCH3 is 1. The van der Waals surface area contributed by atoms with Crippen molar-refractivity contribution in [3.8, 4) is 0 Å². The maximum Gasteiger partial charge on any atom is 0.266 e. The zero-order chi connectivity index (χ0) is 23.8. The van der Waals surface area contributed by atoms with Gasteiger partial charge in [0.2, 0.25) is 10.0 Å². The van der Waals surface area contributed by atoms with Crippen molar-refractivity contribution in [2.24, 2.45) is 4.99 Å². The van der Waals surface area contributed by atoms with E-state index in [9.17, 15) is 17.6 Å². The average Bonchev–Trinajstić information content (AvgIpc) is 3.41. The van der Waals surface area contributed by atoms with Gasteiger partial charge in [0.25, 0.3) is 5.91 Å². The van der Waals surface area contributed by atoms with Gasteiger partial charge in [0, 0.05) is 20.2 Å². The molecule has 1 saturated heterocycles. The number of amides is 1. The number of rotatable bonds is 6. The lowest BCUT2D eigenvalue weighted by Gasteiger charge is -2.21. The van der Waals surface area contributed by atoms with Gasteiger partial charge in [0.15, 0.2) is 4.80 Å². The summed E-state index contributed by atoms with van der Waals surface area (Å²) in [6, 6.07) is 6.92. The van der Waals surface area contributed by atoms with E-state index >= 15 is 0 Å². The third-order valence-electron chi connectivity index (χ3n) is 5.36. The van der Waals surface area contributed by atoms with Crippen molar-refractivity contribution in [2.75, 3.05) is 20.3 Å². The number of fused-ring (bicyclic) bond motifs is 1. The Morgan fingerprint density at radius 2 is 1.91 bits per heavy atom. The lowest BCUT2D eigenvalue weighted by molar-refractivity contribution is -0.121. The summed E-state index contributed by atoms with van der Waals surface area (Å²) in [4.78, 5) is 17.8. The van der Waals surface area contributed by atoms with Crippen LogP contribution in [-0.2, 0) is 26.1 Å². The predicted molar refractivity (Wildman–Crippen MR) is 126 cm³/mol. The van der Waals surface area contributed by atoms with Gasteiger partial charge in [-0.2, -0.15) is 9.30 Å². The highest BCUT2D eigenvalue weighted by Gasteiger charge is 2.39. The molecule has 0 N–H and O–H groups in total. The van der Waals surface area contributed by atoms with Crippen LogP contribution in [0.1, 0.15) is 12.8 Å². The highest BCUT2D eigenvalue weighted by atomic mass is 35.5. The van der Waals surface area contributed by atoms with Gasteiger partial charge >= 0.3 is 0 Å². The number of ether oxygens (including phenoxy) is 1. The minimum atomic E-state index is -3.98. The SMILES string of the molecule is COCCn1c(=NC(=O)C2CCCN2S(=O)(=O)c2ccc(F)cc2)sc2c(Cl)ccc(Cl)c21. The van der Waals surface area contributed by atoms with Crippen molar-refractivity contribution in [1.82, 2.24) is 8.87 Å². The Hall–Kier alpha value is -1.82. The maximum atomic E-state index is 13.3. The zero-order valence-corrected chi connectivity index (χ0v) is 20.6. The van der Waals surface area contributed by atoms with Crippen LogP contribution in [0.25, 0.3) is 10.2 Å². The molecule has 0 aliphatic carbocycles. The summed E-state index contributed by atoms with van der Waals surface area (Å²) < 4.78 is 48.2. The number of sulfonamides is 1. The van der Waals surface area contributed by atoms with E-state index in [0.29, 0.717) is 51.1 Å². The summed E-state index contributed by atoms with van der Waals surface area (Å²) in [6.07, 6.45) is 0.854. The van der Waals surface area contributed by atoms with Gasteiger partial charge in [0.05, 0.1) is 31.8 Å². The van der Waals surface area contributed by atoms with Gasteiger partial charge in [-0.25, -0.2) is 12.8 Å². The van der Waals surface area contributed by atoms with Gasteiger partial charge in [0.1, 0.15) is 11.9 Å². The number of thiazole rings is 1. The second-order valence-electron chi connectivity index (χ2n) is 7.41. The van der Waals surface area contributed by atoms with E-state index in [4.69, 9.17) is 27.9 Å². The quantitative estimate of drug-likeness (QED) is 0.480. The minimum absolute atomic E-state index is 0.0702. The first-order chi connectivity index (χ1) is 15.7. The summed E-state index contributed by atoms with van der Waals surface area (Å²) >= 11 is 13.9. The first-order valence-corrected chi connectivity index (χ1v) is 13.1. The Bertz CT molecular complexity index is 1370. The van der Waals surface area contributed by atoms with Crippen LogP contribution in [0.15, 0.2) is 46.3 Å². The number of nitrogens with zero attached hydrogens (tertiary/aromatic N) is 3. The molecule has 7 nitrogen and oxygen atoms in total. The molecule has 1 amide bonds. The molecule has 3 aromatic rings. The molecule has 2 aromatic carbocycles. The van der Waals surface area contributed by atoms with E-state index in [2.05, 4.69) is 4.99 Å². The van der Waals surface area contributed by atoms with Crippen LogP contribution in [0.4, 0.5) is 4.39 Å². The van der Waals surface area contributed by atoms with Gasteiger partial charge in [-0.15, -0.1) is 0 Å². The van der Waals surface area contributed by atoms with Crippen LogP contribution in [0.2, 0.25) is 10.0 Å². The molecule has 1 aliphatic rings. The second kappa shape index (κ2) is 9.81. The Labute approximate surface area is 204 Å². The molecule has 4 rings (SSSR count). The molecule has 2 heterocycles. The molecule has 1 atom stereocenters. The molecular weight excluding hydrogens is 512 g/mol. The van der Waals surface area contributed by atoms with Crippen molar-refractivity contribution < 1.29 is 22.3 Å². The topological polar surface area (TPSA) is 81.0 Å². The third kappa shape index (κ3) is 4.73. The highest BCUT2D eigenvalue weighted by Crippen LogP contribution is 2.32. The monoisotopic (exact) mass is 531 g/mol. The van der Waals surface area contributed by atoms with Crippen molar-refractivity contribution in [1.29, 1.82) is 0 Å². The smallest absolute Gasteiger partial charge is 0.266 e. The zero-order valence-electron chi connectivity index (χ0n) is 17.5. The summed E-state index contributed by atoms with van der Waals surface area (Å²) in [7, 11) is -2.43. The standard InChI is InChI=1S/C21H20Cl2FN3O4S2/c1-31-12-11-26-18-15(22)8-9-16(23)19(18)32-21(26)25-20(28)17-3-2-10-27(17)33(29,30)14-6-4-13(24)5-7-14/h4-9,17H,2-3,10-12H2,1H3. The Balaban J connectivity index is 1.75. The van der Waals surface area contributed by atoms with Crippen LogP contribution in [-0.4, -0.2) is 49.5 Å². The third-order valence-corrected chi connectivity index (χ3v) is 9.13. The first kappa shape index (κ1) is 24.3. The molecule has 12 heteroatoms. The van der Waals surface area contributed by atoms with Crippen molar-refractivity contribution in [2.45, 2.75) is 30.3 Å². The van der Waals surface area contributed by atoms with Gasteiger partial charge < -0.3 is 9.30 Å². The Kier molecular flexibility index (Phi) is 7.23. The number of benzene rings is 2. The van der Waals surface area contributed by atoms with E-state index in [1.54, 1.807) is 23.8 Å².